The zero-order chi connectivity index (χ0) is 14.5. The maximum Gasteiger partial charge on any atom is 0.227 e. The lowest BCUT2D eigenvalue weighted by atomic mass is 10.2. The Balaban J connectivity index is 2.18. The van der Waals surface area contributed by atoms with Crippen LogP contribution in [0, 0.1) is 6.92 Å². The number of rotatable bonds is 5. The number of thiazole rings is 1. The molecule has 0 aliphatic carbocycles. The van der Waals surface area contributed by atoms with Crippen LogP contribution in [0.3, 0.4) is 0 Å². The van der Waals surface area contributed by atoms with Crippen LogP contribution < -0.4 is 0 Å². The second-order valence-electron chi connectivity index (χ2n) is 4.51. The maximum absolute atomic E-state index is 12.2. The molecule has 0 bridgehead atoms. The van der Waals surface area contributed by atoms with E-state index in [0.29, 0.717) is 6.42 Å². The van der Waals surface area contributed by atoms with E-state index >= 15 is 0 Å². The molecule has 5 heteroatoms. The van der Waals surface area contributed by atoms with E-state index in [1.54, 1.807) is 23.7 Å². The molecule has 0 unspecified atom stereocenters. The van der Waals surface area contributed by atoms with Gasteiger partial charge in [0.2, 0.25) is 5.91 Å². The fraction of sp³-hybridized carbons (Fsp3) is 0.400. The van der Waals surface area contributed by atoms with Gasteiger partial charge in [0.15, 0.2) is 0 Å². The average molecular weight is 289 g/mol. The minimum Gasteiger partial charge on any atom is -0.343 e. The molecule has 0 atom stereocenters. The average Bonchev–Trinajstić information content (AvgIpc) is 2.82. The highest BCUT2D eigenvalue weighted by Gasteiger charge is 2.16. The lowest BCUT2D eigenvalue weighted by Crippen LogP contribution is -2.31. The molecule has 1 amide bonds. The van der Waals surface area contributed by atoms with Gasteiger partial charge in [0.1, 0.15) is 5.01 Å². The number of aryl methyl sites for hydroxylation is 1. The van der Waals surface area contributed by atoms with E-state index in [-0.39, 0.29) is 5.91 Å². The fourth-order valence-corrected chi connectivity index (χ4v) is 3.09. The van der Waals surface area contributed by atoms with E-state index in [2.05, 4.69) is 9.97 Å². The van der Waals surface area contributed by atoms with Crippen LogP contribution >= 0.6 is 11.3 Å². The summed E-state index contributed by atoms with van der Waals surface area (Å²) in [6.07, 6.45) is 3.95. The Kier molecular flexibility index (Phi) is 4.84. The van der Waals surface area contributed by atoms with Crippen LogP contribution in [-0.2, 0) is 11.2 Å². The summed E-state index contributed by atoms with van der Waals surface area (Å²) in [6.45, 7) is 7.48. The van der Waals surface area contributed by atoms with Crippen molar-refractivity contribution < 1.29 is 4.79 Å². The molecule has 0 aliphatic rings. The quantitative estimate of drug-likeness (QED) is 0.850. The van der Waals surface area contributed by atoms with Gasteiger partial charge >= 0.3 is 0 Å². The third-order valence-corrected chi connectivity index (χ3v) is 4.45. The Morgan fingerprint density at radius 2 is 1.90 bits per heavy atom. The van der Waals surface area contributed by atoms with Crippen LogP contribution in [0.25, 0.3) is 10.6 Å². The first-order valence-electron chi connectivity index (χ1n) is 6.80. The molecular weight excluding hydrogens is 270 g/mol. The Morgan fingerprint density at radius 3 is 2.50 bits per heavy atom. The molecule has 0 N–H and O–H groups in total. The van der Waals surface area contributed by atoms with Crippen LogP contribution in [-0.4, -0.2) is 33.9 Å². The highest BCUT2D eigenvalue weighted by Crippen LogP contribution is 2.28. The van der Waals surface area contributed by atoms with Crippen LogP contribution in [0.5, 0.6) is 0 Å². The predicted molar refractivity (Wildman–Crippen MR) is 81.7 cm³/mol. The van der Waals surface area contributed by atoms with Crippen molar-refractivity contribution in [3.8, 4) is 10.6 Å². The number of carbonyl (C=O) groups excluding carboxylic acids is 1. The number of aromatic nitrogens is 2. The number of amides is 1. The molecule has 20 heavy (non-hydrogen) atoms. The summed E-state index contributed by atoms with van der Waals surface area (Å²) >= 11 is 1.59. The van der Waals surface area contributed by atoms with Gasteiger partial charge in [0.25, 0.3) is 0 Å². The highest BCUT2D eigenvalue weighted by atomic mass is 32.1. The first-order valence-corrected chi connectivity index (χ1v) is 7.61. The van der Waals surface area contributed by atoms with Gasteiger partial charge in [-0.3, -0.25) is 9.78 Å². The van der Waals surface area contributed by atoms with Crippen LogP contribution in [0.2, 0.25) is 0 Å². The second-order valence-corrected chi connectivity index (χ2v) is 5.59. The summed E-state index contributed by atoms with van der Waals surface area (Å²) in [7, 11) is 0. The van der Waals surface area contributed by atoms with Gasteiger partial charge in [-0.15, -0.1) is 11.3 Å². The van der Waals surface area contributed by atoms with Gasteiger partial charge in [-0.05, 0) is 32.9 Å². The van der Waals surface area contributed by atoms with E-state index < -0.39 is 0 Å². The normalized spacial score (nSPS) is 10.6. The molecule has 0 saturated heterocycles. The van der Waals surface area contributed by atoms with Crippen molar-refractivity contribution in [1.29, 1.82) is 0 Å². The van der Waals surface area contributed by atoms with E-state index in [9.17, 15) is 4.79 Å². The Hall–Kier alpha value is -1.75. The predicted octanol–water partition coefficient (Wildman–Crippen LogP) is 2.92. The zero-order valence-corrected chi connectivity index (χ0v) is 12.9. The molecule has 0 aliphatic heterocycles. The van der Waals surface area contributed by atoms with Crippen molar-refractivity contribution in [2.24, 2.45) is 0 Å². The minimum atomic E-state index is 0.169. The first kappa shape index (κ1) is 14.7. The third kappa shape index (κ3) is 3.22. The summed E-state index contributed by atoms with van der Waals surface area (Å²) in [4.78, 5) is 23.6. The van der Waals surface area contributed by atoms with Gasteiger partial charge < -0.3 is 4.90 Å². The molecule has 2 aromatic heterocycles. The first-order chi connectivity index (χ1) is 9.65. The van der Waals surface area contributed by atoms with Crippen molar-refractivity contribution >= 4 is 17.2 Å². The molecule has 0 fully saturated rings. The maximum atomic E-state index is 12.2. The van der Waals surface area contributed by atoms with E-state index in [1.807, 2.05) is 37.8 Å². The van der Waals surface area contributed by atoms with Gasteiger partial charge in [0, 0.05) is 35.9 Å². The second kappa shape index (κ2) is 6.61. The minimum absolute atomic E-state index is 0.169. The van der Waals surface area contributed by atoms with Crippen molar-refractivity contribution in [2.75, 3.05) is 13.1 Å². The smallest absolute Gasteiger partial charge is 0.227 e. The Bertz CT molecular complexity index is 576. The monoisotopic (exact) mass is 289 g/mol. The third-order valence-electron chi connectivity index (χ3n) is 3.25. The molecule has 4 nitrogen and oxygen atoms in total. The molecule has 0 spiro atoms. The number of nitrogens with zero attached hydrogens (tertiary/aromatic N) is 3. The largest absolute Gasteiger partial charge is 0.343 e. The molecule has 0 saturated carbocycles. The molecular formula is C15H19N3OS. The van der Waals surface area contributed by atoms with Gasteiger partial charge in [-0.2, -0.15) is 0 Å². The number of carbonyl (C=O) groups is 1. The van der Waals surface area contributed by atoms with E-state index in [1.165, 1.54) is 0 Å². The Labute approximate surface area is 123 Å². The van der Waals surface area contributed by atoms with Gasteiger partial charge in [-0.1, -0.05) is 0 Å². The summed E-state index contributed by atoms with van der Waals surface area (Å²) in [5.74, 6) is 0.169. The van der Waals surface area contributed by atoms with Gasteiger partial charge in [0.05, 0.1) is 12.1 Å². The molecule has 2 aromatic rings. The molecule has 0 aromatic carbocycles. The number of likely N-dealkylation sites (N-methyl/N-ethyl adjacent to an activating group) is 1. The van der Waals surface area contributed by atoms with Crippen LogP contribution in [0.4, 0.5) is 0 Å². The topological polar surface area (TPSA) is 46.1 Å². The summed E-state index contributed by atoms with van der Waals surface area (Å²) in [5.41, 5.74) is 2.00. The lowest BCUT2D eigenvalue weighted by Gasteiger charge is -2.18. The molecule has 2 heterocycles. The Morgan fingerprint density at radius 1 is 1.25 bits per heavy atom. The zero-order valence-electron chi connectivity index (χ0n) is 12.1. The summed E-state index contributed by atoms with van der Waals surface area (Å²) < 4.78 is 0. The molecule has 2 rings (SSSR count). The van der Waals surface area contributed by atoms with Gasteiger partial charge in [-0.25, -0.2) is 4.98 Å². The standard InChI is InChI=1S/C15H19N3OS/c1-4-18(5-2)14(19)10-13-11(3)17-15(20-13)12-6-8-16-9-7-12/h6-9H,4-5,10H2,1-3H3. The van der Waals surface area contributed by atoms with Crippen molar-refractivity contribution in [1.82, 2.24) is 14.9 Å². The van der Waals surface area contributed by atoms with Crippen molar-refractivity contribution in [3.05, 3.63) is 35.1 Å². The number of hydrogen-bond donors (Lipinski definition) is 0. The lowest BCUT2D eigenvalue weighted by molar-refractivity contribution is -0.130. The van der Waals surface area contributed by atoms with Crippen molar-refractivity contribution in [2.45, 2.75) is 27.2 Å². The molecule has 0 radical (unpaired) electrons. The highest BCUT2D eigenvalue weighted by molar-refractivity contribution is 7.15. The van der Waals surface area contributed by atoms with E-state index in [0.717, 1.165) is 34.2 Å². The summed E-state index contributed by atoms with van der Waals surface area (Å²) in [6, 6.07) is 3.88. The SMILES string of the molecule is CCN(CC)C(=O)Cc1sc(-c2ccncc2)nc1C. The van der Waals surface area contributed by atoms with Crippen LogP contribution in [0.1, 0.15) is 24.4 Å². The van der Waals surface area contributed by atoms with Crippen LogP contribution in [0.15, 0.2) is 24.5 Å². The molecule has 106 valence electrons. The van der Waals surface area contributed by atoms with Crippen molar-refractivity contribution in [3.63, 3.8) is 0 Å². The van der Waals surface area contributed by atoms with E-state index in [4.69, 9.17) is 0 Å². The summed E-state index contributed by atoms with van der Waals surface area (Å²) in [5, 5.41) is 0.951. The number of hydrogen-bond acceptors (Lipinski definition) is 4. The number of pyridine rings is 1. The fourth-order valence-electron chi connectivity index (χ4n) is 2.04.